The van der Waals surface area contributed by atoms with E-state index in [9.17, 15) is 9.59 Å². The summed E-state index contributed by atoms with van der Waals surface area (Å²) in [6, 6.07) is 1.73. The molecule has 0 aliphatic heterocycles. The number of hydrogen-bond acceptors (Lipinski definition) is 4. The molecule has 5 heteroatoms. The number of rotatable bonds is 3. The maximum atomic E-state index is 12.3. The lowest BCUT2D eigenvalue weighted by Gasteiger charge is -2.06. The molecule has 0 saturated heterocycles. The number of ether oxygens (including phenoxy) is 1. The first kappa shape index (κ1) is 14.1. The van der Waals surface area contributed by atoms with Crippen molar-refractivity contribution in [2.24, 2.45) is 16.7 Å². The molecular weight excluding hydrogens is 262 g/mol. The van der Waals surface area contributed by atoms with E-state index >= 15 is 0 Å². The maximum absolute atomic E-state index is 12.3. The minimum Gasteiger partial charge on any atom is -0.465 e. The van der Waals surface area contributed by atoms with Crippen LogP contribution in [0.2, 0.25) is 0 Å². The highest BCUT2D eigenvalue weighted by atomic mass is 32.1. The van der Waals surface area contributed by atoms with Gasteiger partial charge in [0.2, 0.25) is 5.91 Å². The lowest BCUT2D eigenvalue weighted by atomic mass is 10.0. The molecule has 0 bridgehead atoms. The number of esters is 1. The van der Waals surface area contributed by atoms with Gasteiger partial charge in [0.15, 0.2) is 0 Å². The van der Waals surface area contributed by atoms with Crippen molar-refractivity contribution in [3.05, 3.63) is 16.3 Å². The molecule has 1 heterocycles. The van der Waals surface area contributed by atoms with Crippen LogP contribution in [0.1, 0.15) is 37.4 Å². The molecule has 1 aromatic heterocycles. The Morgan fingerprint density at radius 2 is 1.84 bits per heavy atom. The van der Waals surface area contributed by atoms with Crippen LogP contribution in [0.4, 0.5) is 5.69 Å². The van der Waals surface area contributed by atoms with Crippen LogP contribution in [0.3, 0.4) is 0 Å². The van der Waals surface area contributed by atoms with Crippen molar-refractivity contribution in [3.8, 4) is 0 Å². The largest absolute Gasteiger partial charge is 0.465 e. The van der Waals surface area contributed by atoms with Gasteiger partial charge in [-0.2, -0.15) is 0 Å². The summed E-state index contributed by atoms with van der Waals surface area (Å²) in [4.78, 5) is 24.3. The standard InChI is InChI=1S/C14H19NO3S/c1-13(2)10(14(13,3)4)11(16)15-8-6-7-19-9(8)12(17)18-5/h6-7,10H,1-5H3,(H,15,16). The Morgan fingerprint density at radius 1 is 1.26 bits per heavy atom. The second kappa shape index (κ2) is 4.34. The second-order valence-corrected chi connectivity index (χ2v) is 6.94. The average molecular weight is 281 g/mol. The zero-order chi connectivity index (χ0) is 14.4. The van der Waals surface area contributed by atoms with Crippen LogP contribution in [0, 0.1) is 16.7 Å². The first-order chi connectivity index (χ1) is 8.73. The quantitative estimate of drug-likeness (QED) is 0.866. The van der Waals surface area contributed by atoms with Gasteiger partial charge in [-0.05, 0) is 22.3 Å². The summed E-state index contributed by atoms with van der Waals surface area (Å²) in [5.41, 5.74) is 0.511. The van der Waals surface area contributed by atoms with Crippen LogP contribution >= 0.6 is 11.3 Å². The first-order valence-electron chi connectivity index (χ1n) is 6.20. The molecule has 1 aliphatic rings. The van der Waals surface area contributed by atoms with Gasteiger partial charge in [0.1, 0.15) is 4.88 Å². The van der Waals surface area contributed by atoms with Crippen molar-refractivity contribution in [2.75, 3.05) is 12.4 Å². The molecule has 1 aliphatic carbocycles. The Hall–Kier alpha value is -1.36. The van der Waals surface area contributed by atoms with Crippen molar-refractivity contribution >= 4 is 28.9 Å². The number of nitrogens with one attached hydrogen (secondary N) is 1. The van der Waals surface area contributed by atoms with Gasteiger partial charge in [0.05, 0.1) is 12.8 Å². The Kier molecular flexibility index (Phi) is 3.21. The summed E-state index contributed by atoms with van der Waals surface area (Å²) in [7, 11) is 1.33. The van der Waals surface area contributed by atoms with E-state index < -0.39 is 5.97 Å². The highest BCUT2D eigenvalue weighted by molar-refractivity contribution is 7.12. The molecular formula is C14H19NO3S. The summed E-state index contributed by atoms with van der Waals surface area (Å²) in [6.45, 7) is 8.36. The molecule has 1 saturated carbocycles. The third-order valence-corrected chi connectivity index (χ3v) is 5.47. The van der Waals surface area contributed by atoms with E-state index in [-0.39, 0.29) is 22.7 Å². The normalized spacial score (nSPS) is 19.8. The number of thiophene rings is 1. The number of carbonyl (C=O) groups is 2. The monoisotopic (exact) mass is 281 g/mol. The van der Waals surface area contributed by atoms with Crippen LogP contribution < -0.4 is 5.32 Å². The van der Waals surface area contributed by atoms with Gasteiger partial charge in [-0.3, -0.25) is 4.79 Å². The molecule has 0 radical (unpaired) electrons. The van der Waals surface area contributed by atoms with Gasteiger partial charge < -0.3 is 10.1 Å². The van der Waals surface area contributed by atoms with E-state index in [0.29, 0.717) is 10.6 Å². The number of carbonyl (C=O) groups excluding carboxylic acids is 2. The van der Waals surface area contributed by atoms with Gasteiger partial charge in [-0.15, -0.1) is 11.3 Å². The maximum Gasteiger partial charge on any atom is 0.350 e. The molecule has 1 amide bonds. The highest BCUT2D eigenvalue weighted by Crippen LogP contribution is 2.68. The summed E-state index contributed by atoms with van der Waals surface area (Å²) in [6.07, 6.45) is 0. The fourth-order valence-corrected chi connectivity index (χ4v) is 3.48. The van der Waals surface area contributed by atoms with Gasteiger partial charge in [-0.25, -0.2) is 4.79 Å². The van der Waals surface area contributed by atoms with E-state index in [0.717, 1.165) is 0 Å². The Morgan fingerprint density at radius 3 is 2.32 bits per heavy atom. The zero-order valence-corrected chi connectivity index (χ0v) is 12.7. The van der Waals surface area contributed by atoms with Crippen LogP contribution in [0.5, 0.6) is 0 Å². The van der Waals surface area contributed by atoms with Crippen molar-refractivity contribution < 1.29 is 14.3 Å². The molecule has 2 rings (SSSR count). The SMILES string of the molecule is COC(=O)c1sccc1NC(=O)C1C(C)(C)C1(C)C. The summed E-state index contributed by atoms with van der Waals surface area (Å²) >= 11 is 1.27. The van der Waals surface area contributed by atoms with E-state index in [2.05, 4.69) is 33.0 Å². The minimum absolute atomic E-state index is 0.0153. The smallest absolute Gasteiger partial charge is 0.350 e. The second-order valence-electron chi connectivity index (χ2n) is 6.02. The highest BCUT2D eigenvalue weighted by Gasteiger charge is 2.68. The lowest BCUT2D eigenvalue weighted by Crippen LogP contribution is -2.18. The van der Waals surface area contributed by atoms with Crippen LogP contribution in [-0.2, 0) is 9.53 Å². The van der Waals surface area contributed by atoms with Gasteiger partial charge >= 0.3 is 5.97 Å². The van der Waals surface area contributed by atoms with Crippen molar-refractivity contribution in [1.82, 2.24) is 0 Å². The predicted molar refractivity (Wildman–Crippen MR) is 75.3 cm³/mol. The number of hydrogen-bond donors (Lipinski definition) is 1. The van der Waals surface area contributed by atoms with Crippen LogP contribution in [0.25, 0.3) is 0 Å². The zero-order valence-electron chi connectivity index (χ0n) is 11.9. The number of anilines is 1. The topological polar surface area (TPSA) is 55.4 Å². The molecule has 1 N–H and O–H groups in total. The average Bonchev–Trinajstić information content (AvgIpc) is 2.68. The molecule has 0 aromatic carbocycles. The van der Waals surface area contributed by atoms with E-state index in [4.69, 9.17) is 4.74 Å². The van der Waals surface area contributed by atoms with Gasteiger partial charge in [-0.1, -0.05) is 27.7 Å². The minimum atomic E-state index is -0.417. The first-order valence-corrected chi connectivity index (χ1v) is 7.08. The van der Waals surface area contributed by atoms with Crippen molar-refractivity contribution in [2.45, 2.75) is 27.7 Å². The number of amides is 1. The molecule has 0 spiro atoms. The van der Waals surface area contributed by atoms with E-state index in [1.165, 1.54) is 18.4 Å². The molecule has 4 nitrogen and oxygen atoms in total. The van der Waals surface area contributed by atoms with Crippen molar-refractivity contribution in [3.63, 3.8) is 0 Å². The molecule has 0 unspecified atom stereocenters. The third-order valence-electron chi connectivity index (χ3n) is 4.58. The Balaban J connectivity index is 2.14. The summed E-state index contributed by atoms with van der Waals surface area (Å²) in [5, 5.41) is 4.62. The van der Waals surface area contributed by atoms with E-state index in [1.807, 2.05) is 0 Å². The van der Waals surface area contributed by atoms with E-state index in [1.54, 1.807) is 11.4 Å². The predicted octanol–water partition coefficient (Wildman–Crippen LogP) is 3.16. The Bertz CT molecular complexity index is 517. The fraction of sp³-hybridized carbons (Fsp3) is 0.571. The molecule has 19 heavy (non-hydrogen) atoms. The Labute approximate surface area is 117 Å². The van der Waals surface area contributed by atoms with Gasteiger partial charge in [0, 0.05) is 5.92 Å². The van der Waals surface area contributed by atoms with Crippen LogP contribution in [-0.4, -0.2) is 19.0 Å². The van der Waals surface area contributed by atoms with Gasteiger partial charge in [0.25, 0.3) is 0 Å². The lowest BCUT2D eigenvalue weighted by molar-refractivity contribution is -0.118. The fourth-order valence-electron chi connectivity index (χ4n) is 2.72. The van der Waals surface area contributed by atoms with Crippen molar-refractivity contribution in [1.29, 1.82) is 0 Å². The van der Waals surface area contributed by atoms with Crippen LogP contribution in [0.15, 0.2) is 11.4 Å². The molecule has 0 atom stereocenters. The number of methoxy groups -OCH3 is 1. The summed E-state index contributed by atoms with van der Waals surface area (Å²) < 4.78 is 4.69. The molecule has 1 fully saturated rings. The molecule has 1 aromatic rings. The molecule has 104 valence electrons. The third kappa shape index (κ3) is 2.06. The summed E-state index contributed by atoms with van der Waals surface area (Å²) in [5.74, 6) is -0.483.